The van der Waals surface area contributed by atoms with E-state index >= 15 is 0 Å². The number of carbonyl (C=O) groups excluding carboxylic acids is 2. The quantitative estimate of drug-likeness (QED) is 0.694. The predicted molar refractivity (Wildman–Crippen MR) is 116 cm³/mol. The van der Waals surface area contributed by atoms with Crippen molar-refractivity contribution in [3.05, 3.63) is 54.1 Å². The second-order valence-electron chi connectivity index (χ2n) is 7.24. The van der Waals surface area contributed by atoms with Crippen molar-refractivity contribution in [3.8, 4) is 5.75 Å². The van der Waals surface area contributed by atoms with Gasteiger partial charge < -0.3 is 19.9 Å². The highest BCUT2D eigenvalue weighted by Crippen LogP contribution is 2.26. The maximum Gasteiger partial charge on any atom is 0.224 e. The van der Waals surface area contributed by atoms with Crippen molar-refractivity contribution in [3.63, 3.8) is 0 Å². The lowest BCUT2D eigenvalue weighted by atomic mass is 10.1. The Morgan fingerprint density at radius 2 is 1.66 bits per heavy atom. The summed E-state index contributed by atoms with van der Waals surface area (Å²) in [4.78, 5) is 29.4. The summed E-state index contributed by atoms with van der Waals surface area (Å²) < 4.78 is 5.39. The number of hydrogen-bond donors (Lipinski definition) is 1. The Balaban J connectivity index is 1.55. The molecule has 0 bridgehead atoms. The van der Waals surface area contributed by atoms with Crippen molar-refractivity contribution < 1.29 is 14.3 Å². The molecule has 1 amide bonds. The lowest BCUT2D eigenvalue weighted by Crippen LogP contribution is -2.44. The summed E-state index contributed by atoms with van der Waals surface area (Å²) in [6.45, 7) is 6.36. The van der Waals surface area contributed by atoms with Crippen LogP contribution in [0.25, 0.3) is 0 Å². The van der Waals surface area contributed by atoms with E-state index in [0.717, 1.165) is 43.3 Å². The maximum atomic E-state index is 12.5. The van der Waals surface area contributed by atoms with Gasteiger partial charge in [-0.25, -0.2) is 0 Å². The molecule has 29 heavy (non-hydrogen) atoms. The molecule has 1 aliphatic rings. The molecule has 6 heteroatoms. The van der Waals surface area contributed by atoms with Crippen LogP contribution in [0.15, 0.2) is 48.5 Å². The molecule has 0 spiro atoms. The first kappa shape index (κ1) is 20.9. The van der Waals surface area contributed by atoms with Crippen molar-refractivity contribution >= 4 is 23.1 Å². The van der Waals surface area contributed by atoms with Gasteiger partial charge in [-0.1, -0.05) is 12.1 Å². The minimum atomic E-state index is -0.147. The van der Waals surface area contributed by atoms with Crippen molar-refractivity contribution in [2.45, 2.75) is 19.8 Å². The smallest absolute Gasteiger partial charge is 0.224 e. The topological polar surface area (TPSA) is 61.9 Å². The van der Waals surface area contributed by atoms with Crippen LogP contribution in [-0.4, -0.2) is 56.4 Å². The van der Waals surface area contributed by atoms with Gasteiger partial charge in [0.05, 0.1) is 18.0 Å². The molecule has 0 atom stereocenters. The van der Waals surface area contributed by atoms with E-state index in [9.17, 15) is 9.59 Å². The first-order chi connectivity index (χ1) is 14.1. The van der Waals surface area contributed by atoms with Gasteiger partial charge in [-0.05, 0) is 50.4 Å². The molecule has 1 aliphatic heterocycles. The second-order valence-corrected chi connectivity index (χ2v) is 7.24. The highest BCUT2D eigenvalue weighted by atomic mass is 16.5. The molecule has 1 saturated heterocycles. The number of likely N-dealkylation sites (N-methyl/N-ethyl adjacent to an activating group) is 1. The number of piperazine rings is 1. The number of rotatable bonds is 8. The number of nitrogens with one attached hydrogen (secondary N) is 1. The SMILES string of the molecule is CCOc1ccc(C(=O)CCC(=O)Nc2ccccc2N2CCN(C)CC2)cc1. The number of benzene rings is 2. The van der Waals surface area contributed by atoms with Gasteiger partial charge in [0.25, 0.3) is 0 Å². The lowest BCUT2D eigenvalue weighted by molar-refractivity contribution is -0.116. The van der Waals surface area contributed by atoms with Crippen LogP contribution in [-0.2, 0) is 4.79 Å². The highest BCUT2D eigenvalue weighted by molar-refractivity contribution is 6.01. The zero-order chi connectivity index (χ0) is 20.6. The zero-order valence-electron chi connectivity index (χ0n) is 17.2. The van der Waals surface area contributed by atoms with Crippen molar-refractivity contribution in [1.82, 2.24) is 4.90 Å². The third-order valence-corrected chi connectivity index (χ3v) is 5.09. The fourth-order valence-electron chi connectivity index (χ4n) is 3.39. The normalized spacial score (nSPS) is 14.5. The summed E-state index contributed by atoms with van der Waals surface area (Å²) in [5, 5.41) is 2.99. The molecule has 0 unspecified atom stereocenters. The minimum absolute atomic E-state index is 0.0458. The number of Topliss-reactive ketones (excluding diaryl/α,β-unsaturated/α-hetero) is 1. The molecule has 0 aliphatic carbocycles. The van der Waals surface area contributed by atoms with Gasteiger partial charge >= 0.3 is 0 Å². The second kappa shape index (κ2) is 10.1. The van der Waals surface area contributed by atoms with Crippen LogP contribution in [0.5, 0.6) is 5.75 Å². The number of hydrogen-bond acceptors (Lipinski definition) is 5. The van der Waals surface area contributed by atoms with E-state index in [-0.39, 0.29) is 24.5 Å². The van der Waals surface area contributed by atoms with Crippen LogP contribution >= 0.6 is 0 Å². The van der Waals surface area contributed by atoms with Gasteiger partial charge in [0.2, 0.25) is 5.91 Å². The van der Waals surface area contributed by atoms with E-state index in [4.69, 9.17) is 4.74 Å². The molecule has 0 saturated carbocycles. The molecule has 2 aromatic carbocycles. The summed E-state index contributed by atoms with van der Waals surface area (Å²) >= 11 is 0. The van der Waals surface area contributed by atoms with Gasteiger partial charge in [-0.2, -0.15) is 0 Å². The average molecular weight is 396 g/mol. The number of nitrogens with zero attached hydrogens (tertiary/aromatic N) is 2. The number of anilines is 2. The molecular weight excluding hydrogens is 366 g/mol. The van der Waals surface area contributed by atoms with Crippen molar-refractivity contribution in [2.75, 3.05) is 50.1 Å². The summed E-state index contributed by atoms with van der Waals surface area (Å²) in [7, 11) is 2.12. The van der Waals surface area contributed by atoms with E-state index < -0.39 is 0 Å². The minimum Gasteiger partial charge on any atom is -0.494 e. The number of ether oxygens (including phenoxy) is 1. The molecule has 3 rings (SSSR count). The van der Waals surface area contributed by atoms with Crippen molar-refractivity contribution in [2.24, 2.45) is 0 Å². The number of amides is 1. The number of para-hydroxylation sites is 2. The van der Waals surface area contributed by atoms with Crippen LogP contribution < -0.4 is 15.0 Å². The monoisotopic (exact) mass is 395 g/mol. The first-order valence-corrected chi connectivity index (χ1v) is 10.1. The van der Waals surface area contributed by atoms with E-state index in [1.165, 1.54) is 0 Å². The molecule has 0 aromatic heterocycles. The van der Waals surface area contributed by atoms with Gasteiger partial charge in [0, 0.05) is 44.6 Å². The molecule has 1 heterocycles. The predicted octanol–water partition coefficient (Wildman–Crippen LogP) is 3.44. The van der Waals surface area contributed by atoms with Crippen LogP contribution in [0.1, 0.15) is 30.1 Å². The van der Waals surface area contributed by atoms with Crippen LogP contribution in [0, 0.1) is 0 Å². The van der Waals surface area contributed by atoms with E-state index in [1.54, 1.807) is 24.3 Å². The number of carbonyl (C=O) groups is 2. The Hall–Kier alpha value is -2.86. The summed E-state index contributed by atoms with van der Waals surface area (Å²) in [6, 6.07) is 14.9. The Kier molecular flexibility index (Phi) is 7.25. The summed E-state index contributed by atoms with van der Waals surface area (Å²) in [5.41, 5.74) is 2.43. The Morgan fingerprint density at radius 3 is 2.34 bits per heavy atom. The molecule has 154 valence electrons. The van der Waals surface area contributed by atoms with Crippen LogP contribution in [0.3, 0.4) is 0 Å². The molecule has 1 N–H and O–H groups in total. The molecule has 2 aromatic rings. The Bertz CT molecular complexity index is 828. The van der Waals surface area contributed by atoms with Gasteiger partial charge in [-0.15, -0.1) is 0 Å². The molecule has 6 nitrogen and oxygen atoms in total. The third kappa shape index (κ3) is 5.81. The van der Waals surface area contributed by atoms with Crippen LogP contribution in [0.2, 0.25) is 0 Å². The third-order valence-electron chi connectivity index (χ3n) is 5.09. The van der Waals surface area contributed by atoms with Gasteiger partial charge in [0.1, 0.15) is 5.75 Å². The van der Waals surface area contributed by atoms with Gasteiger partial charge in [-0.3, -0.25) is 9.59 Å². The average Bonchev–Trinajstić information content (AvgIpc) is 2.74. The molecular formula is C23H29N3O3. The standard InChI is InChI=1S/C23H29N3O3/c1-3-29-19-10-8-18(9-11-19)22(27)12-13-23(28)24-20-6-4-5-7-21(20)26-16-14-25(2)15-17-26/h4-11H,3,12-17H2,1-2H3,(H,24,28). The fraction of sp³-hybridized carbons (Fsp3) is 0.391. The largest absolute Gasteiger partial charge is 0.494 e. The summed E-state index contributed by atoms with van der Waals surface area (Å²) in [5.74, 6) is 0.545. The Morgan fingerprint density at radius 1 is 0.966 bits per heavy atom. The highest BCUT2D eigenvalue weighted by Gasteiger charge is 2.18. The Labute approximate surface area is 172 Å². The van der Waals surface area contributed by atoms with Crippen LogP contribution in [0.4, 0.5) is 11.4 Å². The lowest BCUT2D eigenvalue weighted by Gasteiger charge is -2.35. The number of ketones is 1. The summed E-state index contributed by atoms with van der Waals surface area (Å²) in [6.07, 6.45) is 0.333. The molecule has 1 fully saturated rings. The first-order valence-electron chi connectivity index (χ1n) is 10.1. The van der Waals surface area contributed by atoms with E-state index in [0.29, 0.717) is 12.2 Å². The van der Waals surface area contributed by atoms with Crippen molar-refractivity contribution in [1.29, 1.82) is 0 Å². The zero-order valence-corrected chi connectivity index (χ0v) is 17.2. The van der Waals surface area contributed by atoms with Gasteiger partial charge in [0.15, 0.2) is 5.78 Å². The van der Waals surface area contributed by atoms with E-state index in [1.807, 2.05) is 31.2 Å². The fourth-order valence-corrected chi connectivity index (χ4v) is 3.39. The molecule has 0 radical (unpaired) electrons. The van der Waals surface area contributed by atoms with E-state index in [2.05, 4.69) is 22.2 Å². The maximum absolute atomic E-state index is 12.5.